The fourth-order valence-electron chi connectivity index (χ4n) is 1.67. The molecule has 0 aromatic carbocycles. The van der Waals surface area contributed by atoms with Crippen molar-refractivity contribution in [3.05, 3.63) is 38.7 Å². The minimum Gasteiger partial charge on any atom is -0.447 e. The molecular formula is C13H17BrN2O3S2. The predicted molar refractivity (Wildman–Crippen MR) is 86.8 cm³/mol. The van der Waals surface area contributed by atoms with Crippen LogP contribution in [0.1, 0.15) is 24.0 Å². The lowest BCUT2D eigenvalue weighted by molar-refractivity contribution is 0.400. The Morgan fingerprint density at radius 2 is 2.14 bits per heavy atom. The minimum atomic E-state index is -3.61. The van der Waals surface area contributed by atoms with Gasteiger partial charge in [-0.1, -0.05) is 6.92 Å². The average Bonchev–Trinajstić information content (AvgIpc) is 3.06. The lowest BCUT2D eigenvalue weighted by atomic mass is 10.4. The number of halogens is 1. The van der Waals surface area contributed by atoms with Crippen molar-refractivity contribution >= 4 is 37.3 Å². The molecule has 2 N–H and O–H groups in total. The van der Waals surface area contributed by atoms with Crippen molar-refractivity contribution in [2.24, 2.45) is 0 Å². The Balaban J connectivity index is 1.95. The highest BCUT2D eigenvalue weighted by Crippen LogP contribution is 2.20. The Kier molecular flexibility index (Phi) is 6.00. The van der Waals surface area contributed by atoms with Crippen LogP contribution in [-0.4, -0.2) is 15.0 Å². The summed E-state index contributed by atoms with van der Waals surface area (Å²) in [5, 5.41) is 5.03. The molecule has 0 fully saturated rings. The van der Waals surface area contributed by atoms with Crippen LogP contribution >= 0.6 is 27.3 Å². The SMILES string of the molecule is CCCNCc1ccc(S(=O)(=O)NCc2cc(Br)cs2)o1. The zero-order valence-corrected chi connectivity index (χ0v) is 14.8. The van der Waals surface area contributed by atoms with E-state index in [4.69, 9.17) is 4.42 Å². The maximum atomic E-state index is 12.1. The molecule has 116 valence electrons. The number of sulfonamides is 1. The Hall–Kier alpha value is -0.670. The molecule has 0 amide bonds. The summed E-state index contributed by atoms with van der Waals surface area (Å²) in [5.74, 6) is 0.614. The van der Waals surface area contributed by atoms with Crippen LogP contribution in [0.15, 0.2) is 37.6 Å². The zero-order chi connectivity index (χ0) is 15.3. The number of hydrogen-bond donors (Lipinski definition) is 2. The molecule has 2 rings (SSSR count). The molecule has 0 aliphatic rings. The summed E-state index contributed by atoms with van der Waals surface area (Å²) in [6.45, 7) is 3.72. The topological polar surface area (TPSA) is 71.3 Å². The number of hydrogen-bond acceptors (Lipinski definition) is 5. The van der Waals surface area contributed by atoms with Crippen LogP contribution < -0.4 is 10.0 Å². The molecule has 0 aliphatic heterocycles. The van der Waals surface area contributed by atoms with Crippen molar-refractivity contribution in [1.29, 1.82) is 0 Å². The molecular weight excluding hydrogens is 376 g/mol. The van der Waals surface area contributed by atoms with E-state index in [1.165, 1.54) is 17.4 Å². The van der Waals surface area contributed by atoms with Gasteiger partial charge in [-0.3, -0.25) is 0 Å². The van der Waals surface area contributed by atoms with Crippen LogP contribution in [0.2, 0.25) is 0 Å². The van der Waals surface area contributed by atoms with Crippen molar-refractivity contribution in [3.8, 4) is 0 Å². The monoisotopic (exact) mass is 392 g/mol. The molecule has 2 heterocycles. The first kappa shape index (κ1) is 16.7. The molecule has 0 saturated heterocycles. The Labute approximate surface area is 136 Å². The fraction of sp³-hybridized carbons (Fsp3) is 0.385. The zero-order valence-electron chi connectivity index (χ0n) is 11.6. The van der Waals surface area contributed by atoms with Crippen LogP contribution in [0.3, 0.4) is 0 Å². The van der Waals surface area contributed by atoms with Gasteiger partial charge in [-0.15, -0.1) is 11.3 Å². The van der Waals surface area contributed by atoms with Crippen molar-refractivity contribution < 1.29 is 12.8 Å². The minimum absolute atomic E-state index is 0.0496. The molecule has 0 radical (unpaired) electrons. The van der Waals surface area contributed by atoms with E-state index in [9.17, 15) is 8.42 Å². The third-order valence-electron chi connectivity index (χ3n) is 2.69. The van der Waals surface area contributed by atoms with E-state index in [2.05, 4.69) is 32.9 Å². The van der Waals surface area contributed by atoms with Crippen LogP contribution in [0.25, 0.3) is 0 Å². The van der Waals surface area contributed by atoms with Crippen molar-refractivity contribution in [1.82, 2.24) is 10.0 Å². The lowest BCUT2D eigenvalue weighted by Crippen LogP contribution is -2.22. The van der Waals surface area contributed by atoms with E-state index in [0.29, 0.717) is 12.3 Å². The van der Waals surface area contributed by atoms with Gasteiger partial charge in [-0.25, -0.2) is 13.1 Å². The van der Waals surface area contributed by atoms with Gasteiger partial charge in [-0.05, 0) is 47.1 Å². The molecule has 0 unspecified atom stereocenters. The highest BCUT2D eigenvalue weighted by molar-refractivity contribution is 9.10. The van der Waals surface area contributed by atoms with E-state index in [1.54, 1.807) is 6.07 Å². The van der Waals surface area contributed by atoms with E-state index >= 15 is 0 Å². The van der Waals surface area contributed by atoms with Gasteiger partial charge >= 0.3 is 0 Å². The first-order chi connectivity index (χ1) is 10.0. The van der Waals surface area contributed by atoms with Gasteiger partial charge in [0.2, 0.25) is 5.09 Å². The smallest absolute Gasteiger partial charge is 0.274 e. The summed E-state index contributed by atoms with van der Waals surface area (Å²) < 4.78 is 33.1. The van der Waals surface area contributed by atoms with Gasteiger partial charge in [0.25, 0.3) is 10.0 Å². The summed E-state index contributed by atoms with van der Waals surface area (Å²) in [5.41, 5.74) is 0. The Morgan fingerprint density at radius 1 is 1.33 bits per heavy atom. The largest absolute Gasteiger partial charge is 0.447 e. The molecule has 5 nitrogen and oxygen atoms in total. The van der Waals surface area contributed by atoms with Crippen LogP contribution in [0.4, 0.5) is 0 Å². The first-order valence-corrected chi connectivity index (χ1v) is 9.69. The normalized spacial score (nSPS) is 11.9. The van der Waals surface area contributed by atoms with Crippen LogP contribution in [-0.2, 0) is 23.1 Å². The lowest BCUT2D eigenvalue weighted by Gasteiger charge is -2.03. The average molecular weight is 393 g/mol. The second-order valence-corrected chi connectivity index (χ2v) is 8.06. The maximum Gasteiger partial charge on any atom is 0.274 e. The second-order valence-electron chi connectivity index (χ2n) is 4.45. The number of furan rings is 1. The quantitative estimate of drug-likeness (QED) is 0.677. The second kappa shape index (κ2) is 7.55. The molecule has 0 bridgehead atoms. The van der Waals surface area contributed by atoms with Gasteiger partial charge in [0, 0.05) is 21.3 Å². The van der Waals surface area contributed by atoms with Gasteiger partial charge in [0.05, 0.1) is 6.54 Å². The molecule has 2 aromatic rings. The predicted octanol–water partition coefficient (Wildman–Crippen LogP) is 3.08. The number of rotatable bonds is 8. The molecule has 0 aliphatic carbocycles. The maximum absolute atomic E-state index is 12.1. The highest BCUT2D eigenvalue weighted by atomic mass is 79.9. The summed E-state index contributed by atoms with van der Waals surface area (Å²) in [4.78, 5) is 0.932. The highest BCUT2D eigenvalue weighted by Gasteiger charge is 2.18. The molecule has 21 heavy (non-hydrogen) atoms. The Bertz CT molecular complexity index is 679. The summed E-state index contributed by atoms with van der Waals surface area (Å²) in [6.07, 6.45) is 1.02. The third-order valence-corrected chi connectivity index (χ3v) is 5.66. The van der Waals surface area contributed by atoms with Crippen LogP contribution in [0.5, 0.6) is 0 Å². The van der Waals surface area contributed by atoms with Gasteiger partial charge in [0.15, 0.2) is 0 Å². The van der Waals surface area contributed by atoms with Crippen molar-refractivity contribution in [3.63, 3.8) is 0 Å². The molecule has 0 atom stereocenters. The van der Waals surface area contributed by atoms with E-state index in [-0.39, 0.29) is 11.6 Å². The summed E-state index contributed by atoms with van der Waals surface area (Å²) in [7, 11) is -3.61. The van der Waals surface area contributed by atoms with Crippen molar-refractivity contribution in [2.75, 3.05) is 6.54 Å². The van der Waals surface area contributed by atoms with Gasteiger partial charge < -0.3 is 9.73 Å². The summed E-state index contributed by atoms with van der Waals surface area (Å²) in [6, 6.07) is 5.05. The van der Waals surface area contributed by atoms with E-state index < -0.39 is 10.0 Å². The van der Waals surface area contributed by atoms with Crippen molar-refractivity contribution in [2.45, 2.75) is 31.5 Å². The molecule has 0 saturated carbocycles. The molecule has 0 spiro atoms. The summed E-state index contributed by atoms with van der Waals surface area (Å²) >= 11 is 4.83. The van der Waals surface area contributed by atoms with E-state index in [0.717, 1.165) is 22.3 Å². The Morgan fingerprint density at radius 3 is 2.81 bits per heavy atom. The third kappa shape index (κ3) is 4.93. The number of thiophene rings is 1. The number of nitrogens with one attached hydrogen (secondary N) is 2. The van der Waals surface area contributed by atoms with Crippen LogP contribution in [0, 0.1) is 0 Å². The first-order valence-electron chi connectivity index (χ1n) is 6.53. The fourth-order valence-corrected chi connectivity index (χ4v) is 4.10. The molecule has 2 aromatic heterocycles. The van der Waals surface area contributed by atoms with Gasteiger partial charge in [0.1, 0.15) is 5.76 Å². The molecule has 8 heteroatoms. The van der Waals surface area contributed by atoms with Gasteiger partial charge in [-0.2, -0.15) is 0 Å². The van der Waals surface area contributed by atoms with E-state index in [1.807, 2.05) is 11.4 Å². The standard InChI is InChI=1S/C13H17BrN2O3S2/c1-2-5-15-7-11-3-4-13(19-11)21(17,18)16-8-12-6-10(14)9-20-12/h3-4,6,9,15-16H,2,5,7-8H2,1H3.